The predicted molar refractivity (Wildman–Crippen MR) is 78.5 cm³/mol. The van der Waals surface area contributed by atoms with Gasteiger partial charge in [-0.2, -0.15) is 5.10 Å². The van der Waals surface area contributed by atoms with E-state index in [1.165, 1.54) is 0 Å². The summed E-state index contributed by atoms with van der Waals surface area (Å²) in [6, 6.07) is 11.0. The van der Waals surface area contributed by atoms with Crippen molar-refractivity contribution in [1.82, 2.24) is 5.43 Å². The highest BCUT2D eigenvalue weighted by atomic mass is 32.1. The van der Waals surface area contributed by atoms with Crippen molar-refractivity contribution in [2.45, 2.75) is 0 Å². The molecule has 20 heavy (non-hydrogen) atoms. The van der Waals surface area contributed by atoms with E-state index in [1.54, 1.807) is 36.8 Å². The SMILES string of the molecule is COc1ccccc1OCC(=O)N/N=C/c1cccs1. The third kappa shape index (κ3) is 4.10. The Kier molecular flexibility index (Phi) is 5.14. The van der Waals surface area contributed by atoms with Crippen molar-refractivity contribution in [3.8, 4) is 11.5 Å². The number of ether oxygens (including phenoxy) is 2. The molecule has 0 aliphatic carbocycles. The Hall–Kier alpha value is -2.34. The standard InChI is InChI=1S/C14H14N2O3S/c1-18-12-6-2-3-7-13(12)19-10-14(17)16-15-9-11-5-4-8-20-11/h2-9H,10H2,1H3,(H,16,17)/b15-9+. The summed E-state index contributed by atoms with van der Waals surface area (Å²) in [6.07, 6.45) is 1.59. The van der Waals surface area contributed by atoms with Crippen LogP contribution in [0.2, 0.25) is 0 Å². The highest BCUT2D eigenvalue weighted by molar-refractivity contribution is 7.11. The lowest BCUT2D eigenvalue weighted by Crippen LogP contribution is -2.24. The van der Waals surface area contributed by atoms with E-state index < -0.39 is 0 Å². The van der Waals surface area contributed by atoms with E-state index in [0.717, 1.165) is 4.88 Å². The molecule has 0 atom stereocenters. The van der Waals surface area contributed by atoms with E-state index in [4.69, 9.17) is 9.47 Å². The molecule has 5 nitrogen and oxygen atoms in total. The normalized spacial score (nSPS) is 10.4. The molecule has 1 heterocycles. The van der Waals surface area contributed by atoms with E-state index in [2.05, 4.69) is 10.5 Å². The average Bonchev–Trinajstić information content (AvgIpc) is 2.98. The van der Waals surface area contributed by atoms with Crippen molar-refractivity contribution in [3.05, 3.63) is 46.7 Å². The summed E-state index contributed by atoms with van der Waals surface area (Å²) in [5.74, 6) is 0.776. The Morgan fingerprint density at radius 2 is 2.10 bits per heavy atom. The third-order valence-electron chi connectivity index (χ3n) is 2.35. The lowest BCUT2D eigenvalue weighted by Gasteiger charge is -2.08. The maximum atomic E-state index is 11.6. The Morgan fingerprint density at radius 3 is 2.80 bits per heavy atom. The van der Waals surface area contributed by atoms with E-state index in [-0.39, 0.29) is 12.5 Å². The lowest BCUT2D eigenvalue weighted by atomic mass is 10.3. The fourth-order valence-corrected chi connectivity index (χ4v) is 2.03. The number of rotatable bonds is 6. The molecule has 0 bridgehead atoms. The first-order chi connectivity index (χ1) is 9.79. The first kappa shape index (κ1) is 14.1. The van der Waals surface area contributed by atoms with E-state index in [1.807, 2.05) is 29.6 Å². The molecule has 1 N–H and O–H groups in total. The number of thiophene rings is 1. The summed E-state index contributed by atoms with van der Waals surface area (Å²) in [5, 5.41) is 5.78. The second kappa shape index (κ2) is 7.30. The van der Waals surface area contributed by atoms with Crippen LogP contribution in [0.15, 0.2) is 46.9 Å². The van der Waals surface area contributed by atoms with Gasteiger partial charge in [0.25, 0.3) is 5.91 Å². The molecule has 0 saturated carbocycles. The van der Waals surface area contributed by atoms with Crippen molar-refractivity contribution in [3.63, 3.8) is 0 Å². The molecule has 0 unspecified atom stereocenters. The Morgan fingerprint density at radius 1 is 1.30 bits per heavy atom. The van der Waals surface area contributed by atoms with Crippen LogP contribution in [0.5, 0.6) is 11.5 Å². The summed E-state index contributed by atoms with van der Waals surface area (Å²) >= 11 is 1.54. The number of nitrogens with one attached hydrogen (secondary N) is 1. The van der Waals surface area contributed by atoms with Crippen molar-refractivity contribution >= 4 is 23.5 Å². The molecule has 6 heteroatoms. The number of benzene rings is 1. The van der Waals surface area contributed by atoms with E-state index in [0.29, 0.717) is 11.5 Å². The van der Waals surface area contributed by atoms with Crippen LogP contribution >= 0.6 is 11.3 Å². The fraction of sp³-hybridized carbons (Fsp3) is 0.143. The second-order valence-corrected chi connectivity index (χ2v) is 4.73. The van der Waals surface area contributed by atoms with Crippen LogP contribution in [0, 0.1) is 0 Å². The lowest BCUT2D eigenvalue weighted by molar-refractivity contribution is -0.123. The zero-order valence-corrected chi connectivity index (χ0v) is 11.7. The van der Waals surface area contributed by atoms with Crippen molar-refractivity contribution < 1.29 is 14.3 Å². The van der Waals surface area contributed by atoms with Gasteiger partial charge in [0.1, 0.15) is 0 Å². The van der Waals surface area contributed by atoms with Crippen LogP contribution < -0.4 is 14.9 Å². The van der Waals surface area contributed by atoms with Crippen molar-refractivity contribution in [2.24, 2.45) is 5.10 Å². The number of hydrazone groups is 1. The second-order valence-electron chi connectivity index (χ2n) is 3.75. The first-order valence-corrected chi connectivity index (χ1v) is 6.79. The Balaban J connectivity index is 1.80. The van der Waals surface area contributed by atoms with Crippen LogP contribution in [0.4, 0.5) is 0 Å². The number of amides is 1. The molecule has 0 saturated heterocycles. The predicted octanol–water partition coefficient (Wildman–Crippen LogP) is 2.29. The number of para-hydroxylation sites is 2. The van der Waals surface area contributed by atoms with Gasteiger partial charge in [0.05, 0.1) is 13.3 Å². The van der Waals surface area contributed by atoms with Gasteiger partial charge in [-0.05, 0) is 23.6 Å². The van der Waals surface area contributed by atoms with Gasteiger partial charge in [-0.25, -0.2) is 5.43 Å². The first-order valence-electron chi connectivity index (χ1n) is 5.91. The number of nitrogens with zero attached hydrogens (tertiary/aromatic N) is 1. The highest BCUT2D eigenvalue weighted by Crippen LogP contribution is 2.25. The fourth-order valence-electron chi connectivity index (χ4n) is 1.45. The number of carbonyl (C=O) groups excluding carboxylic acids is 1. The molecule has 1 aromatic heterocycles. The van der Waals surface area contributed by atoms with Gasteiger partial charge in [-0.1, -0.05) is 18.2 Å². The molecule has 1 amide bonds. The van der Waals surface area contributed by atoms with Crippen LogP contribution in [0.3, 0.4) is 0 Å². The molecule has 0 fully saturated rings. The zero-order chi connectivity index (χ0) is 14.2. The summed E-state index contributed by atoms with van der Waals surface area (Å²) in [5.41, 5.74) is 2.40. The monoisotopic (exact) mass is 290 g/mol. The minimum absolute atomic E-state index is 0.123. The van der Waals surface area contributed by atoms with Crippen molar-refractivity contribution in [2.75, 3.05) is 13.7 Å². The molecule has 104 valence electrons. The number of hydrogen-bond acceptors (Lipinski definition) is 5. The summed E-state index contributed by atoms with van der Waals surface area (Å²) in [4.78, 5) is 12.5. The molecule has 0 spiro atoms. The quantitative estimate of drug-likeness (QED) is 0.656. The molecule has 0 aliphatic rings. The van der Waals surface area contributed by atoms with Gasteiger partial charge in [0.2, 0.25) is 0 Å². The zero-order valence-electron chi connectivity index (χ0n) is 10.9. The van der Waals surface area contributed by atoms with Gasteiger partial charge < -0.3 is 9.47 Å². The van der Waals surface area contributed by atoms with Gasteiger partial charge in [-0.15, -0.1) is 11.3 Å². The minimum Gasteiger partial charge on any atom is -0.493 e. The number of carbonyl (C=O) groups is 1. The van der Waals surface area contributed by atoms with Gasteiger partial charge in [-0.3, -0.25) is 4.79 Å². The summed E-state index contributed by atoms with van der Waals surface area (Å²) in [6.45, 7) is -0.123. The average molecular weight is 290 g/mol. The third-order valence-corrected chi connectivity index (χ3v) is 3.16. The topological polar surface area (TPSA) is 59.9 Å². The molecule has 2 rings (SSSR count). The van der Waals surface area contributed by atoms with Gasteiger partial charge >= 0.3 is 0 Å². The molecular weight excluding hydrogens is 276 g/mol. The van der Waals surface area contributed by atoms with E-state index in [9.17, 15) is 4.79 Å². The van der Waals surface area contributed by atoms with Crippen LogP contribution in [-0.2, 0) is 4.79 Å². The van der Waals surface area contributed by atoms with Gasteiger partial charge in [0, 0.05) is 4.88 Å². The van der Waals surface area contributed by atoms with Crippen molar-refractivity contribution in [1.29, 1.82) is 0 Å². The Labute approximate surface area is 120 Å². The van der Waals surface area contributed by atoms with Gasteiger partial charge in [0.15, 0.2) is 18.1 Å². The van der Waals surface area contributed by atoms with E-state index >= 15 is 0 Å². The maximum absolute atomic E-state index is 11.6. The number of hydrogen-bond donors (Lipinski definition) is 1. The number of methoxy groups -OCH3 is 1. The smallest absolute Gasteiger partial charge is 0.277 e. The molecule has 2 aromatic rings. The molecule has 1 aromatic carbocycles. The summed E-state index contributed by atoms with van der Waals surface area (Å²) in [7, 11) is 1.55. The minimum atomic E-state index is -0.330. The molecular formula is C14H14N2O3S. The maximum Gasteiger partial charge on any atom is 0.277 e. The largest absolute Gasteiger partial charge is 0.493 e. The summed E-state index contributed by atoms with van der Waals surface area (Å²) < 4.78 is 10.5. The Bertz CT molecular complexity index is 582. The van der Waals surface area contributed by atoms with Crippen LogP contribution in [-0.4, -0.2) is 25.8 Å². The highest BCUT2D eigenvalue weighted by Gasteiger charge is 2.05. The van der Waals surface area contributed by atoms with Crippen LogP contribution in [0.25, 0.3) is 0 Å². The molecule has 0 aliphatic heterocycles. The molecule has 0 radical (unpaired) electrons. The van der Waals surface area contributed by atoms with Crippen LogP contribution in [0.1, 0.15) is 4.88 Å².